The maximum Gasteiger partial charge on any atom is 0.279 e. The molecule has 6 heteroatoms. The van der Waals surface area contributed by atoms with E-state index in [0.29, 0.717) is 35.8 Å². The predicted octanol–water partition coefficient (Wildman–Crippen LogP) is 1.87. The molecule has 0 saturated heterocycles. The van der Waals surface area contributed by atoms with E-state index in [0.717, 1.165) is 16.0 Å². The van der Waals surface area contributed by atoms with Crippen molar-refractivity contribution < 1.29 is 24.0 Å². The summed E-state index contributed by atoms with van der Waals surface area (Å²) in [6.45, 7) is 4.54. The molecule has 2 N–H and O–H groups in total. The van der Waals surface area contributed by atoms with Gasteiger partial charge in [0, 0.05) is 16.8 Å². The summed E-state index contributed by atoms with van der Waals surface area (Å²) >= 11 is 0. The van der Waals surface area contributed by atoms with Gasteiger partial charge in [-0.15, -0.1) is 0 Å². The van der Waals surface area contributed by atoms with E-state index in [1.165, 1.54) is 6.92 Å². The van der Waals surface area contributed by atoms with Gasteiger partial charge in [-0.25, -0.2) is 0 Å². The van der Waals surface area contributed by atoms with Crippen LogP contribution in [0, 0.1) is 6.92 Å². The van der Waals surface area contributed by atoms with E-state index < -0.39 is 0 Å². The van der Waals surface area contributed by atoms with E-state index in [-0.39, 0.29) is 11.7 Å². The smallest absolute Gasteiger partial charge is 0.279 e. The van der Waals surface area contributed by atoms with Crippen LogP contribution in [0.3, 0.4) is 0 Å². The highest BCUT2D eigenvalue weighted by molar-refractivity contribution is 5.95. The van der Waals surface area contributed by atoms with Gasteiger partial charge in [-0.05, 0) is 55.8 Å². The highest BCUT2D eigenvalue weighted by atomic mass is 16.5. The number of ether oxygens (including phenoxy) is 2. The Hall–Kier alpha value is -2.86. The first-order valence-corrected chi connectivity index (χ1v) is 8.77. The van der Waals surface area contributed by atoms with Crippen molar-refractivity contribution in [3.05, 3.63) is 53.1 Å². The third-order valence-corrected chi connectivity index (χ3v) is 4.37. The SMILES string of the molecule is COc1cc(C)c(C[NH+](C)CC(=O)Nc2ccc(C(C)=O)cc2)cc1OC. The number of methoxy groups -OCH3 is 2. The quantitative estimate of drug-likeness (QED) is 0.695. The van der Waals surface area contributed by atoms with E-state index in [2.05, 4.69) is 5.32 Å². The van der Waals surface area contributed by atoms with Crippen LogP contribution in [0.15, 0.2) is 36.4 Å². The van der Waals surface area contributed by atoms with E-state index in [1.54, 1.807) is 38.5 Å². The van der Waals surface area contributed by atoms with Crippen LogP contribution in [0.25, 0.3) is 0 Å². The van der Waals surface area contributed by atoms with Gasteiger partial charge < -0.3 is 19.7 Å². The van der Waals surface area contributed by atoms with Gasteiger partial charge in [0.05, 0.1) is 21.3 Å². The normalized spacial score (nSPS) is 11.6. The number of benzene rings is 2. The zero-order valence-corrected chi connectivity index (χ0v) is 16.5. The molecule has 0 radical (unpaired) electrons. The number of ketones is 1. The molecule has 1 atom stereocenters. The van der Waals surface area contributed by atoms with Crippen molar-refractivity contribution in [1.82, 2.24) is 0 Å². The van der Waals surface area contributed by atoms with E-state index in [4.69, 9.17) is 9.47 Å². The molecular weight excluding hydrogens is 344 g/mol. The van der Waals surface area contributed by atoms with Gasteiger partial charge in [0.15, 0.2) is 23.8 Å². The average Bonchev–Trinajstić information content (AvgIpc) is 2.63. The largest absolute Gasteiger partial charge is 0.493 e. The van der Waals surface area contributed by atoms with Crippen molar-refractivity contribution in [3.8, 4) is 11.5 Å². The number of rotatable bonds is 8. The number of carbonyl (C=O) groups is 2. The van der Waals surface area contributed by atoms with Crippen molar-refractivity contribution in [2.75, 3.05) is 33.1 Å². The first kappa shape index (κ1) is 20.5. The Balaban J connectivity index is 1.97. The Morgan fingerprint density at radius 1 is 1.04 bits per heavy atom. The molecule has 2 aromatic carbocycles. The van der Waals surface area contributed by atoms with E-state index in [1.807, 2.05) is 26.1 Å². The summed E-state index contributed by atoms with van der Waals surface area (Å²) in [4.78, 5) is 24.6. The van der Waals surface area contributed by atoms with Gasteiger partial charge in [0.25, 0.3) is 5.91 Å². The van der Waals surface area contributed by atoms with Crippen LogP contribution in [0.5, 0.6) is 11.5 Å². The minimum Gasteiger partial charge on any atom is -0.493 e. The Bertz CT molecular complexity index is 816. The topological polar surface area (TPSA) is 69.1 Å². The number of quaternary nitrogens is 1. The first-order chi connectivity index (χ1) is 12.8. The Labute approximate surface area is 160 Å². The van der Waals surface area contributed by atoms with Gasteiger partial charge in [-0.1, -0.05) is 0 Å². The monoisotopic (exact) mass is 371 g/mol. The molecule has 0 spiro atoms. The lowest BCUT2D eigenvalue weighted by Gasteiger charge is -2.17. The maximum absolute atomic E-state index is 12.3. The molecule has 0 aliphatic carbocycles. The van der Waals surface area contributed by atoms with E-state index >= 15 is 0 Å². The molecule has 6 nitrogen and oxygen atoms in total. The molecule has 2 rings (SSSR count). The Kier molecular flexibility index (Phi) is 6.96. The lowest BCUT2D eigenvalue weighted by Crippen LogP contribution is -3.08. The van der Waals surface area contributed by atoms with Crippen LogP contribution in [0.1, 0.15) is 28.4 Å². The van der Waals surface area contributed by atoms with Gasteiger partial charge in [0.1, 0.15) is 6.54 Å². The lowest BCUT2D eigenvalue weighted by molar-refractivity contribution is -0.885. The molecule has 0 aliphatic heterocycles. The predicted molar refractivity (Wildman–Crippen MR) is 105 cm³/mol. The highest BCUT2D eigenvalue weighted by Crippen LogP contribution is 2.29. The zero-order valence-electron chi connectivity index (χ0n) is 16.5. The molecule has 2 aromatic rings. The summed E-state index contributed by atoms with van der Waals surface area (Å²) < 4.78 is 10.7. The number of likely N-dealkylation sites (N-methyl/N-ethyl adjacent to an activating group) is 1. The molecule has 0 bridgehead atoms. The van der Waals surface area contributed by atoms with E-state index in [9.17, 15) is 9.59 Å². The summed E-state index contributed by atoms with van der Waals surface area (Å²) in [5.74, 6) is 1.30. The van der Waals surface area contributed by atoms with Crippen LogP contribution in [0.2, 0.25) is 0 Å². The molecule has 0 heterocycles. The summed E-state index contributed by atoms with van der Waals surface area (Å²) in [6.07, 6.45) is 0. The minimum absolute atomic E-state index is 0.00217. The van der Waals surface area contributed by atoms with Gasteiger partial charge in [-0.3, -0.25) is 9.59 Å². The Morgan fingerprint density at radius 2 is 1.63 bits per heavy atom. The molecule has 0 aromatic heterocycles. The summed E-state index contributed by atoms with van der Waals surface area (Å²) in [7, 11) is 5.19. The third kappa shape index (κ3) is 5.56. The van der Waals surface area contributed by atoms with Crippen LogP contribution >= 0.6 is 0 Å². The average molecular weight is 371 g/mol. The number of anilines is 1. The number of hydrogen-bond donors (Lipinski definition) is 2. The molecule has 0 aliphatic rings. The van der Waals surface area contributed by atoms with Gasteiger partial charge in [0.2, 0.25) is 0 Å². The number of aryl methyl sites for hydroxylation is 1. The van der Waals surface area contributed by atoms with Gasteiger partial charge >= 0.3 is 0 Å². The van der Waals surface area contributed by atoms with Crippen LogP contribution < -0.4 is 19.7 Å². The molecule has 1 unspecified atom stereocenters. The van der Waals surface area contributed by atoms with Crippen LogP contribution in [-0.2, 0) is 11.3 Å². The second-order valence-corrected chi connectivity index (χ2v) is 6.63. The molecule has 144 valence electrons. The first-order valence-electron chi connectivity index (χ1n) is 8.77. The van der Waals surface area contributed by atoms with Crippen molar-refractivity contribution in [2.24, 2.45) is 0 Å². The standard InChI is InChI=1S/C21H26N2O4/c1-14-10-19(26-4)20(27-5)11-17(14)12-23(3)13-21(25)22-18-8-6-16(7-9-18)15(2)24/h6-11H,12-13H2,1-5H3,(H,22,25)/p+1. The van der Waals surface area contributed by atoms with Crippen LogP contribution in [-0.4, -0.2) is 39.5 Å². The number of Topliss-reactive ketones (excluding diaryl/α,β-unsaturated/α-hetero) is 1. The van der Waals surface area contributed by atoms with Crippen molar-refractivity contribution in [1.29, 1.82) is 0 Å². The van der Waals surface area contributed by atoms with Crippen molar-refractivity contribution in [3.63, 3.8) is 0 Å². The Morgan fingerprint density at radius 3 is 2.19 bits per heavy atom. The molecule has 27 heavy (non-hydrogen) atoms. The fourth-order valence-corrected chi connectivity index (χ4v) is 2.87. The summed E-state index contributed by atoms with van der Waals surface area (Å²) in [5, 5.41) is 2.86. The zero-order chi connectivity index (χ0) is 20.0. The molecule has 0 fully saturated rings. The fraction of sp³-hybridized carbons (Fsp3) is 0.333. The second-order valence-electron chi connectivity index (χ2n) is 6.63. The van der Waals surface area contributed by atoms with Crippen molar-refractivity contribution >= 4 is 17.4 Å². The summed E-state index contributed by atoms with van der Waals surface area (Å²) in [5.41, 5.74) is 3.50. The highest BCUT2D eigenvalue weighted by Gasteiger charge is 2.15. The lowest BCUT2D eigenvalue weighted by atomic mass is 10.1. The number of carbonyl (C=O) groups excluding carboxylic acids is 2. The molecular formula is C21H27N2O4+. The number of nitrogens with one attached hydrogen (secondary N) is 2. The third-order valence-electron chi connectivity index (χ3n) is 4.37. The van der Waals surface area contributed by atoms with Crippen LogP contribution in [0.4, 0.5) is 5.69 Å². The number of amides is 1. The molecule has 1 amide bonds. The molecule has 0 saturated carbocycles. The number of hydrogen-bond acceptors (Lipinski definition) is 4. The van der Waals surface area contributed by atoms with Gasteiger partial charge in [-0.2, -0.15) is 0 Å². The maximum atomic E-state index is 12.3. The fourth-order valence-electron chi connectivity index (χ4n) is 2.87. The second kappa shape index (κ2) is 9.19. The van der Waals surface area contributed by atoms with Crippen molar-refractivity contribution in [2.45, 2.75) is 20.4 Å². The summed E-state index contributed by atoms with van der Waals surface area (Å²) in [6, 6.07) is 10.8. The minimum atomic E-state index is -0.0822.